The Kier molecular flexibility index (Phi) is 2.80. The zero-order valence-corrected chi connectivity index (χ0v) is 9.23. The molecule has 6 nitrogen and oxygen atoms in total. The van der Waals surface area contributed by atoms with Crippen LogP contribution in [0.3, 0.4) is 0 Å². The number of carbonyl (C=O) groups is 3. The average Bonchev–Trinajstić information content (AvgIpc) is 2.59. The second kappa shape index (κ2) is 4.11. The van der Waals surface area contributed by atoms with Crippen molar-refractivity contribution >= 4 is 18.0 Å². The summed E-state index contributed by atoms with van der Waals surface area (Å²) in [6.45, 7) is 2.88. The van der Waals surface area contributed by atoms with Crippen LogP contribution in [0.25, 0.3) is 0 Å². The lowest BCUT2D eigenvalue weighted by molar-refractivity contribution is -0.145. The number of hydrogen-bond donors (Lipinski definition) is 1. The van der Waals surface area contributed by atoms with E-state index in [0.29, 0.717) is 4.90 Å². The normalized spacial score (nSPS) is 21.9. The molecule has 1 fully saturated rings. The fourth-order valence-corrected chi connectivity index (χ4v) is 1.43. The fourth-order valence-electron chi connectivity index (χ4n) is 1.43. The first-order valence-corrected chi connectivity index (χ1v) is 4.85. The van der Waals surface area contributed by atoms with E-state index in [-0.39, 0.29) is 19.7 Å². The molecule has 1 atom stereocenters. The number of carboxylic acid groups (broad SMARTS) is 1. The molecular formula is C10H15NO5. The Morgan fingerprint density at radius 1 is 1.62 bits per heavy atom. The maximum absolute atomic E-state index is 11.7. The van der Waals surface area contributed by atoms with Gasteiger partial charge in [-0.1, -0.05) is 0 Å². The highest BCUT2D eigenvalue weighted by molar-refractivity contribution is 5.99. The van der Waals surface area contributed by atoms with Crippen molar-refractivity contribution in [1.29, 1.82) is 0 Å². The van der Waals surface area contributed by atoms with Gasteiger partial charge in [0.2, 0.25) is 5.91 Å². The smallest absolute Gasteiger partial charge is 0.417 e. The number of nitrogens with zero attached hydrogens (tertiary/aromatic N) is 1. The van der Waals surface area contributed by atoms with Gasteiger partial charge in [0, 0.05) is 7.79 Å². The Labute approximate surface area is 94.6 Å². The van der Waals surface area contributed by atoms with Gasteiger partial charge in [-0.05, 0) is 27.2 Å². The highest BCUT2D eigenvalue weighted by atomic mass is 16.6. The average molecular weight is 230 g/mol. The molecule has 0 spiro atoms. The Balaban J connectivity index is 2.79. The van der Waals surface area contributed by atoms with Gasteiger partial charge in [-0.15, -0.1) is 0 Å². The van der Waals surface area contributed by atoms with Crippen LogP contribution in [0.2, 0.25) is 0 Å². The monoisotopic (exact) mass is 230 g/mol. The molecule has 1 saturated heterocycles. The lowest BCUT2D eigenvalue weighted by atomic mass is 10.2. The summed E-state index contributed by atoms with van der Waals surface area (Å²) in [6, 6.07) is -1.16. The van der Waals surface area contributed by atoms with Crippen LogP contribution in [0.15, 0.2) is 0 Å². The maximum Gasteiger partial charge on any atom is 0.417 e. The van der Waals surface area contributed by atoms with Crippen LogP contribution in [0.5, 0.6) is 0 Å². The first kappa shape index (κ1) is 10.9. The molecule has 0 aliphatic carbocycles. The quantitative estimate of drug-likeness (QED) is 0.726. The van der Waals surface area contributed by atoms with Gasteiger partial charge in [0.05, 0.1) is 0 Å². The third-order valence-electron chi connectivity index (χ3n) is 2.06. The number of aliphatic carboxylic acids is 1. The summed E-state index contributed by atoms with van der Waals surface area (Å²) < 4.78 is 12.1. The summed E-state index contributed by atoms with van der Waals surface area (Å²) >= 11 is 0. The zero-order chi connectivity index (χ0) is 13.2. The molecular weight excluding hydrogens is 214 g/mol. The number of ether oxygens (including phenoxy) is 1. The molecule has 90 valence electrons. The van der Waals surface area contributed by atoms with Crippen molar-refractivity contribution in [3.8, 4) is 0 Å². The number of rotatable bonds is 1. The predicted octanol–water partition coefficient (Wildman–Crippen LogP) is 0.997. The SMILES string of the molecule is [2H]CC(C)(C)OC(=O)N1C(=O)CC[C@H]1C(=O)O. The second-order valence-corrected chi connectivity index (χ2v) is 4.28. The molecule has 0 aromatic heterocycles. The molecule has 1 aliphatic rings. The third-order valence-corrected chi connectivity index (χ3v) is 2.06. The Morgan fingerprint density at radius 2 is 2.25 bits per heavy atom. The van der Waals surface area contributed by atoms with Crippen LogP contribution in [0.1, 0.15) is 35.0 Å². The Morgan fingerprint density at radius 3 is 2.75 bits per heavy atom. The van der Waals surface area contributed by atoms with Crippen molar-refractivity contribution in [3.63, 3.8) is 0 Å². The van der Waals surface area contributed by atoms with Crippen molar-refractivity contribution < 1.29 is 25.6 Å². The van der Waals surface area contributed by atoms with E-state index in [9.17, 15) is 14.4 Å². The number of carbonyl (C=O) groups excluding carboxylic acids is 2. The van der Waals surface area contributed by atoms with Gasteiger partial charge in [-0.2, -0.15) is 0 Å². The first-order valence-electron chi connectivity index (χ1n) is 5.56. The minimum Gasteiger partial charge on any atom is -0.480 e. The number of carboxylic acids is 1. The van der Waals surface area contributed by atoms with Gasteiger partial charge in [0.25, 0.3) is 0 Å². The molecule has 1 rings (SSSR count). The Hall–Kier alpha value is -1.59. The molecule has 0 unspecified atom stereocenters. The van der Waals surface area contributed by atoms with E-state index in [0.717, 1.165) is 0 Å². The van der Waals surface area contributed by atoms with Gasteiger partial charge in [0.1, 0.15) is 11.6 Å². The minimum atomic E-state index is -1.23. The number of likely N-dealkylation sites (tertiary alicyclic amines) is 1. The Bertz CT molecular complexity index is 355. The van der Waals surface area contributed by atoms with Crippen molar-refractivity contribution in [3.05, 3.63) is 0 Å². The highest BCUT2D eigenvalue weighted by Gasteiger charge is 2.42. The van der Waals surface area contributed by atoms with Crippen LogP contribution in [-0.4, -0.2) is 39.6 Å². The molecule has 0 aromatic carbocycles. The molecule has 16 heavy (non-hydrogen) atoms. The molecule has 1 heterocycles. The van der Waals surface area contributed by atoms with E-state index < -0.39 is 29.6 Å². The molecule has 0 aromatic rings. The first-order chi connectivity index (χ1) is 7.78. The summed E-state index contributed by atoms with van der Waals surface area (Å²) in [7, 11) is 0. The maximum atomic E-state index is 11.7. The second-order valence-electron chi connectivity index (χ2n) is 4.28. The van der Waals surface area contributed by atoms with Crippen molar-refractivity contribution in [2.45, 2.75) is 45.2 Å². The summed E-state index contributed by atoms with van der Waals surface area (Å²) in [6.07, 6.45) is -0.866. The van der Waals surface area contributed by atoms with Crippen LogP contribution >= 0.6 is 0 Å². The summed E-state index contributed by atoms with van der Waals surface area (Å²) in [5.74, 6) is -1.78. The van der Waals surface area contributed by atoms with E-state index in [1.807, 2.05) is 0 Å². The molecule has 0 saturated carbocycles. The zero-order valence-electron chi connectivity index (χ0n) is 10.2. The molecule has 1 N–H and O–H groups in total. The van der Waals surface area contributed by atoms with Crippen molar-refractivity contribution in [2.24, 2.45) is 0 Å². The van der Waals surface area contributed by atoms with E-state index in [1.54, 1.807) is 0 Å². The third kappa shape index (κ3) is 2.71. The van der Waals surface area contributed by atoms with Gasteiger partial charge in [-0.3, -0.25) is 4.79 Å². The predicted molar refractivity (Wildman–Crippen MR) is 53.7 cm³/mol. The van der Waals surface area contributed by atoms with Crippen LogP contribution < -0.4 is 0 Å². The summed E-state index contributed by atoms with van der Waals surface area (Å²) in [5, 5.41) is 8.87. The molecule has 1 aliphatic heterocycles. The van der Waals surface area contributed by atoms with Crippen LogP contribution in [0.4, 0.5) is 4.79 Å². The topological polar surface area (TPSA) is 83.9 Å². The fraction of sp³-hybridized carbons (Fsp3) is 0.700. The van der Waals surface area contributed by atoms with Gasteiger partial charge < -0.3 is 9.84 Å². The summed E-state index contributed by atoms with van der Waals surface area (Å²) in [4.78, 5) is 34.6. The minimum absolute atomic E-state index is 0.0212. The molecule has 0 bridgehead atoms. The van der Waals surface area contributed by atoms with Crippen LogP contribution in [0, 0.1) is 0 Å². The van der Waals surface area contributed by atoms with Crippen molar-refractivity contribution in [1.82, 2.24) is 4.90 Å². The number of hydrogen-bond acceptors (Lipinski definition) is 4. The van der Waals surface area contributed by atoms with E-state index >= 15 is 0 Å². The lowest BCUT2D eigenvalue weighted by Gasteiger charge is -2.25. The molecule has 0 radical (unpaired) electrons. The van der Waals surface area contributed by atoms with E-state index in [4.69, 9.17) is 11.2 Å². The van der Waals surface area contributed by atoms with Gasteiger partial charge in [0.15, 0.2) is 0 Å². The number of amides is 2. The van der Waals surface area contributed by atoms with E-state index in [1.165, 1.54) is 13.8 Å². The van der Waals surface area contributed by atoms with E-state index in [2.05, 4.69) is 0 Å². The standard InChI is InChI=1S/C10H15NO5/c1-10(2,3)16-9(15)11-6(8(13)14)4-5-7(11)12/h6H,4-5H2,1-3H3,(H,13,14)/t6-/m0/s1/i1D. The number of imide groups is 1. The lowest BCUT2D eigenvalue weighted by Crippen LogP contribution is -2.45. The molecule has 6 heteroatoms. The van der Waals surface area contributed by atoms with Crippen molar-refractivity contribution in [2.75, 3.05) is 0 Å². The van der Waals surface area contributed by atoms with Gasteiger partial charge >= 0.3 is 12.1 Å². The van der Waals surface area contributed by atoms with Gasteiger partial charge in [-0.25, -0.2) is 14.5 Å². The largest absolute Gasteiger partial charge is 0.480 e. The molecule has 2 amide bonds. The van der Waals surface area contributed by atoms with Crippen LogP contribution in [-0.2, 0) is 14.3 Å². The highest BCUT2D eigenvalue weighted by Crippen LogP contribution is 2.22. The summed E-state index contributed by atoms with van der Waals surface area (Å²) in [5.41, 5.74) is -1.04.